The zero-order chi connectivity index (χ0) is 13.1. The van der Waals surface area contributed by atoms with E-state index in [1.54, 1.807) is 6.92 Å². The van der Waals surface area contributed by atoms with Crippen LogP contribution in [0.25, 0.3) is 0 Å². The smallest absolute Gasteiger partial charge is 0.293 e. The lowest BCUT2D eigenvalue weighted by Crippen LogP contribution is -1.95. The van der Waals surface area contributed by atoms with Gasteiger partial charge in [0.15, 0.2) is 0 Å². The van der Waals surface area contributed by atoms with E-state index in [2.05, 4.69) is 29.0 Å². The van der Waals surface area contributed by atoms with Crippen molar-refractivity contribution in [3.8, 4) is 0 Å². The molecule has 0 atom stereocenters. The normalized spacial score (nSPS) is 13.4. The Labute approximate surface area is 109 Å². The van der Waals surface area contributed by atoms with Gasteiger partial charge >= 0.3 is 0 Å². The second kappa shape index (κ2) is 9.66. The molecular weight excluding hydrogens is 228 g/mol. The van der Waals surface area contributed by atoms with Crippen molar-refractivity contribution in [2.45, 2.75) is 32.8 Å². The second-order valence-corrected chi connectivity index (χ2v) is 4.32. The van der Waals surface area contributed by atoms with Crippen molar-refractivity contribution >= 4 is 6.47 Å². The van der Waals surface area contributed by atoms with Gasteiger partial charge in [0.1, 0.15) is 0 Å². The molecule has 3 heteroatoms. The van der Waals surface area contributed by atoms with Gasteiger partial charge in [-0.3, -0.25) is 4.79 Å². The Morgan fingerprint density at radius 1 is 1.28 bits per heavy atom. The minimum absolute atomic E-state index is 0.431. The third-order valence-corrected chi connectivity index (χ3v) is 2.71. The van der Waals surface area contributed by atoms with Gasteiger partial charge in [0, 0.05) is 6.61 Å². The quantitative estimate of drug-likeness (QED) is 0.550. The number of hydrogen-bond acceptors (Lipinski definition) is 3. The molecule has 0 unspecified atom stereocenters. The average molecular weight is 250 g/mol. The first kappa shape index (κ1) is 14.7. The Bertz CT molecular complexity index is 307. The largest absolute Gasteiger partial charge is 0.468 e. The molecule has 0 spiro atoms. The molecule has 1 aliphatic carbocycles. The summed E-state index contributed by atoms with van der Waals surface area (Å²) < 4.78 is 9.72. The fourth-order valence-electron chi connectivity index (χ4n) is 1.49. The fraction of sp³-hybridized carbons (Fsp3) is 0.533. The van der Waals surface area contributed by atoms with Crippen LogP contribution in [0.3, 0.4) is 0 Å². The maximum Gasteiger partial charge on any atom is 0.293 e. The zero-order valence-corrected chi connectivity index (χ0v) is 11.0. The highest BCUT2D eigenvalue weighted by atomic mass is 16.5. The van der Waals surface area contributed by atoms with Gasteiger partial charge in [-0.05, 0) is 24.8 Å². The Hall–Kier alpha value is -1.35. The average Bonchev–Trinajstić information content (AvgIpc) is 3.22. The van der Waals surface area contributed by atoms with Crippen LogP contribution in [0, 0.1) is 5.92 Å². The van der Waals surface area contributed by atoms with Gasteiger partial charge in [-0.25, -0.2) is 0 Å². The van der Waals surface area contributed by atoms with E-state index in [9.17, 15) is 4.79 Å². The van der Waals surface area contributed by atoms with Crippen LogP contribution in [0.1, 0.15) is 31.7 Å². The molecule has 0 aliphatic heterocycles. The molecule has 100 valence electrons. The molecule has 0 aromatic heterocycles. The standard InChI is InChI=1S/C12H16O.C3H6O2/c1-2-4-12(5-3-1)10-13-9-8-11-6-7-11;1-2-5-3-4/h1-5,11H,6-10H2;3H,2H2,1H3. The summed E-state index contributed by atoms with van der Waals surface area (Å²) >= 11 is 0. The number of ether oxygens (including phenoxy) is 2. The van der Waals surface area contributed by atoms with Gasteiger partial charge in [-0.2, -0.15) is 0 Å². The van der Waals surface area contributed by atoms with Gasteiger partial charge in [-0.1, -0.05) is 43.2 Å². The van der Waals surface area contributed by atoms with Gasteiger partial charge in [0.2, 0.25) is 0 Å². The summed E-state index contributed by atoms with van der Waals surface area (Å²) in [7, 11) is 0. The molecule has 2 rings (SSSR count). The zero-order valence-electron chi connectivity index (χ0n) is 11.0. The van der Waals surface area contributed by atoms with Crippen LogP contribution in [0.5, 0.6) is 0 Å². The molecule has 0 N–H and O–H groups in total. The molecule has 1 aliphatic rings. The first-order chi connectivity index (χ1) is 8.86. The molecular formula is C15H22O3. The molecule has 1 aromatic rings. The minimum Gasteiger partial charge on any atom is -0.468 e. The molecule has 1 aromatic carbocycles. The summed E-state index contributed by atoms with van der Waals surface area (Å²) in [6.07, 6.45) is 4.11. The van der Waals surface area contributed by atoms with Crippen molar-refractivity contribution in [2.75, 3.05) is 13.2 Å². The highest BCUT2D eigenvalue weighted by Crippen LogP contribution is 2.32. The lowest BCUT2D eigenvalue weighted by molar-refractivity contribution is -0.128. The van der Waals surface area contributed by atoms with Crippen LogP contribution in [0.2, 0.25) is 0 Å². The van der Waals surface area contributed by atoms with E-state index in [0.29, 0.717) is 13.1 Å². The van der Waals surface area contributed by atoms with Crippen molar-refractivity contribution in [3.05, 3.63) is 35.9 Å². The van der Waals surface area contributed by atoms with Gasteiger partial charge in [0.05, 0.1) is 13.2 Å². The summed E-state index contributed by atoms with van der Waals surface area (Å²) in [5.74, 6) is 0.982. The molecule has 0 bridgehead atoms. The van der Waals surface area contributed by atoms with E-state index in [4.69, 9.17) is 4.74 Å². The maximum absolute atomic E-state index is 9.18. The lowest BCUT2D eigenvalue weighted by atomic mass is 10.2. The molecule has 0 amide bonds. The van der Waals surface area contributed by atoms with Crippen molar-refractivity contribution in [1.82, 2.24) is 0 Å². The highest BCUT2D eigenvalue weighted by molar-refractivity contribution is 5.36. The molecule has 0 heterocycles. The Morgan fingerprint density at radius 3 is 2.50 bits per heavy atom. The van der Waals surface area contributed by atoms with Crippen LogP contribution in [0.4, 0.5) is 0 Å². The summed E-state index contributed by atoms with van der Waals surface area (Å²) in [5, 5.41) is 0. The Kier molecular flexibility index (Phi) is 7.89. The van der Waals surface area contributed by atoms with Crippen LogP contribution in [-0.4, -0.2) is 19.7 Å². The predicted octanol–water partition coefficient (Wildman–Crippen LogP) is 3.18. The van der Waals surface area contributed by atoms with Crippen molar-refractivity contribution in [2.24, 2.45) is 5.92 Å². The van der Waals surface area contributed by atoms with E-state index in [1.165, 1.54) is 24.8 Å². The summed E-state index contributed by atoms with van der Waals surface area (Å²) in [4.78, 5) is 9.18. The second-order valence-electron chi connectivity index (χ2n) is 4.32. The molecule has 18 heavy (non-hydrogen) atoms. The molecule has 3 nitrogen and oxygen atoms in total. The van der Waals surface area contributed by atoms with Crippen molar-refractivity contribution < 1.29 is 14.3 Å². The molecule has 0 radical (unpaired) electrons. The number of carbonyl (C=O) groups excluding carboxylic acids is 1. The number of carbonyl (C=O) groups is 1. The molecule has 0 saturated heterocycles. The van der Waals surface area contributed by atoms with Gasteiger partial charge < -0.3 is 9.47 Å². The van der Waals surface area contributed by atoms with Gasteiger partial charge in [-0.15, -0.1) is 0 Å². The van der Waals surface area contributed by atoms with Gasteiger partial charge in [0.25, 0.3) is 6.47 Å². The SMILES string of the molecule is CCOC=O.c1ccc(COCCC2CC2)cc1. The first-order valence-corrected chi connectivity index (χ1v) is 6.53. The predicted molar refractivity (Wildman–Crippen MR) is 71.1 cm³/mol. The maximum atomic E-state index is 9.18. The first-order valence-electron chi connectivity index (χ1n) is 6.53. The number of hydrogen-bond donors (Lipinski definition) is 0. The number of benzene rings is 1. The topological polar surface area (TPSA) is 35.5 Å². The van der Waals surface area contributed by atoms with E-state index < -0.39 is 0 Å². The van der Waals surface area contributed by atoms with Crippen molar-refractivity contribution in [1.29, 1.82) is 0 Å². The summed E-state index contributed by atoms with van der Waals surface area (Å²) in [5.41, 5.74) is 1.28. The third-order valence-electron chi connectivity index (χ3n) is 2.71. The third kappa shape index (κ3) is 7.85. The Morgan fingerprint density at radius 2 is 2.00 bits per heavy atom. The van der Waals surface area contributed by atoms with E-state index >= 15 is 0 Å². The van der Waals surface area contributed by atoms with E-state index in [1.807, 2.05) is 6.07 Å². The summed E-state index contributed by atoms with van der Waals surface area (Å²) in [6, 6.07) is 10.4. The minimum atomic E-state index is 0.431. The monoisotopic (exact) mass is 250 g/mol. The molecule has 1 saturated carbocycles. The van der Waals surface area contributed by atoms with E-state index in [0.717, 1.165) is 19.1 Å². The van der Waals surface area contributed by atoms with Crippen LogP contribution < -0.4 is 0 Å². The lowest BCUT2D eigenvalue weighted by Gasteiger charge is -2.02. The van der Waals surface area contributed by atoms with Crippen LogP contribution in [-0.2, 0) is 20.9 Å². The van der Waals surface area contributed by atoms with E-state index in [-0.39, 0.29) is 0 Å². The highest BCUT2D eigenvalue weighted by Gasteiger charge is 2.20. The fourth-order valence-corrected chi connectivity index (χ4v) is 1.49. The Balaban J connectivity index is 0.000000280. The molecule has 1 fully saturated rings. The van der Waals surface area contributed by atoms with Crippen molar-refractivity contribution in [3.63, 3.8) is 0 Å². The van der Waals surface area contributed by atoms with Crippen LogP contribution in [0.15, 0.2) is 30.3 Å². The van der Waals surface area contributed by atoms with Crippen LogP contribution >= 0.6 is 0 Å². The summed E-state index contributed by atoms with van der Waals surface area (Å²) in [6.45, 7) is 4.37. The number of rotatable bonds is 7.